The van der Waals surface area contributed by atoms with Gasteiger partial charge in [-0.3, -0.25) is 9.89 Å². The SMILES string of the molecule is CN=C(NCC(C)(C)CCS(C)(=O)=O)N1CCC(CN2CCOCC2)C1. The van der Waals surface area contributed by atoms with Gasteiger partial charge in [0.2, 0.25) is 0 Å². The summed E-state index contributed by atoms with van der Waals surface area (Å²) < 4.78 is 28.3. The van der Waals surface area contributed by atoms with E-state index in [9.17, 15) is 8.42 Å². The Kier molecular flexibility index (Phi) is 7.73. The van der Waals surface area contributed by atoms with E-state index in [4.69, 9.17) is 4.74 Å². The lowest BCUT2D eigenvalue weighted by molar-refractivity contribution is 0.0315. The Morgan fingerprint density at radius 3 is 2.58 bits per heavy atom. The summed E-state index contributed by atoms with van der Waals surface area (Å²) in [6.45, 7) is 11.9. The maximum absolute atomic E-state index is 11.4. The first-order chi connectivity index (χ1) is 12.2. The summed E-state index contributed by atoms with van der Waals surface area (Å²) in [7, 11) is -1.10. The van der Waals surface area contributed by atoms with Crippen LogP contribution in [-0.4, -0.2) is 95.7 Å². The molecule has 0 radical (unpaired) electrons. The Hall–Kier alpha value is -0.860. The molecule has 2 saturated heterocycles. The summed E-state index contributed by atoms with van der Waals surface area (Å²) in [6, 6.07) is 0. The van der Waals surface area contributed by atoms with Crippen molar-refractivity contribution in [3.63, 3.8) is 0 Å². The number of hydrogen-bond acceptors (Lipinski definition) is 5. The fourth-order valence-corrected chi connectivity index (χ4v) is 4.45. The Morgan fingerprint density at radius 1 is 1.27 bits per heavy atom. The zero-order chi connectivity index (χ0) is 19.2. The lowest BCUT2D eigenvalue weighted by Gasteiger charge is -2.30. The summed E-state index contributed by atoms with van der Waals surface area (Å²) in [5.41, 5.74) is -0.0913. The van der Waals surface area contributed by atoms with Crippen molar-refractivity contribution in [2.45, 2.75) is 26.7 Å². The number of nitrogens with zero attached hydrogens (tertiary/aromatic N) is 3. The van der Waals surface area contributed by atoms with Crippen LogP contribution in [0.5, 0.6) is 0 Å². The molecule has 1 unspecified atom stereocenters. The van der Waals surface area contributed by atoms with E-state index in [1.807, 2.05) is 7.05 Å². The minimum atomic E-state index is -2.92. The van der Waals surface area contributed by atoms with Crippen LogP contribution in [0, 0.1) is 11.3 Å². The number of rotatable bonds is 7. The molecule has 0 amide bonds. The lowest BCUT2D eigenvalue weighted by atomic mass is 9.90. The summed E-state index contributed by atoms with van der Waals surface area (Å²) >= 11 is 0. The Balaban J connectivity index is 1.77. The molecule has 26 heavy (non-hydrogen) atoms. The summed E-state index contributed by atoms with van der Waals surface area (Å²) in [6.07, 6.45) is 3.14. The molecule has 2 heterocycles. The average molecular weight is 389 g/mol. The van der Waals surface area contributed by atoms with Gasteiger partial charge in [0, 0.05) is 52.6 Å². The second-order valence-electron chi connectivity index (χ2n) is 8.46. The summed E-state index contributed by atoms with van der Waals surface area (Å²) in [5.74, 6) is 1.83. The monoisotopic (exact) mass is 388 g/mol. The van der Waals surface area contributed by atoms with E-state index in [1.54, 1.807) is 0 Å². The van der Waals surface area contributed by atoms with E-state index in [-0.39, 0.29) is 11.2 Å². The third kappa shape index (κ3) is 7.40. The van der Waals surface area contributed by atoms with Crippen LogP contribution in [0.4, 0.5) is 0 Å². The second kappa shape index (κ2) is 9.37. The molecule has 2 fully saturated rings. The number of guanidine groups is 1. The van der Waals surface area contributed by atoms with E-state index in [0.29, 0.717) is 12.3 Å². The third-order valence-electron chi connectivity index (χ3n) is 5.29. The normalized spacial score (nSPS) is 23.5. The van der Waals surface area contributed by atoms with Gasteiger partial charge in [-0.2, -0.15) is 0 Å². The van der Waals surface area contributed by atoms with Crippen LogP contribution in [-0.2, 0) is 14.6 Å². The zero-order valence-corrected chi connectivity index (χ0v) is 17.6. The molecule has 152 valence electrons. The maximum atomic E-state index is 11.4. The van der Waals surface area contributed by atoms with Crippen LogP contribution in [0.15, 0.2) is 4.99 Å². The van der Waals surface area contributed by atoms with Crippen molar-refractivity contribution in [2.75, 3.05) is 71.5 Å². The largest absolute Gasteiger partial charge is 0.379 e. The Bertz CT molecular complexity index is 571. The number of nitrogens with one attached hydrogen (secondary N) is 1. The number of morpholine rings is 1. The van der Waals surface area contributed by atoms with Gasteiger partial charge in [0.1, 0.15) is 9.84 Å². The molecular formula is C18H36N4O3S. The van der Waals surface area contributed by atoms with Crippen LogP contribution in [0.3, 0.4) is 0 Å². The highest BCUT2D eigenvalue weighted by Gasteiger charge is 2.28. The van der Waals surface area contributed by atoms with Gasteiger partial charge < -0.3 is 15.0 Å². The minimum absolute atomic E-state index is 0.0913. The van der Waals surface area contributed by atoms with E-state index in [2.05, 4.69) is 34.0 Å². The van der Waals surface area contributed by atoms with Crippen molar-refractivity contribution in [3.05, 3.63) is 0 Å². The molecule has 1 N–H and O–H groups in total. The standard InChI is InChI=1S/C18H36N4O3S/c1-18(2,6-12-26(4,23)24)15-20-17(19-3)22-7-5-16(14-22)13-21-8-10-25-11-9-21/h16H,5-15H2,1-4H3,(H,19,20). The minimum Gasteiger partial charge on any atom is -0.379 e. The fraction of sp³-hybridized carbons (Fsp3) is 0.944. The van der Waals surface area contributed by atoms with E-state index >= 15 is 0 Å². The van der Waals surface area contributed by atoms with Crippen LogP contribution in [0.25, 0.3) is 0 Å². The van der Waals surface area contributed by atoms with Crippen LogP contribution in [0.1, 0.15) is 26.7 Å². The van der Waals surface area contributed by atoms with Crippen molar-refractivity contribution >= 4 is 15.8 Å². The highest BCUT2D eigenvalue weighted by molar-refractivity contribution is 7.90. The number of sulfone groups is 1. The third-order valence-corrected chi connectivity index (χ3v) is 6.24. The number of likely N-dealkylation sites (tertiary alicyclic amines) is 1. The van der Waals surface area contributed by atoms with Gasteiger partial charge in [0.15, 0.2) is 5.96 Å². The molecule has 2 rings (SSSR count). The van der Waals surface area contributed by atoms with Crippen LogP contribution >= 0.6 is 0 Å². The van der Waals surface area contributed by atoms with Gasteiger partial charge in [-0.05, 0) is 24.2 Å². The van der Waals surface area contributed by atoms with Gasteiger partial charge in [-0.1, -0.05) is 13.8 Å². The molecule has 7 nitrogen and oxygen atoms in total. The first-order valence-corrected chi connectivity index (χ1v) is 11.7. The summed E-state index contributed by atoms with van der Waals surface area (Å²) in [5, 5.41) is 3.46. The van der Waals surface area contributed by atoms with Gasteiger partial charge in [0.05, 0.1) is 19.0 Å². The van der Waals surface area contributed by atoms with Crippen molar-refractivity contribution in [3.8, 4) is 0 Å². The van der Waals surface area contributed by atoms with Crippen LogP contribution in [0.2, 0.25) is 0 Å². The molecule has 0 aliphatic carbocycles. The zero-order valence-electron chi connectivity index (χ0n) is 16.8. The molecule has 0 spiro atoms. The Labute approximate surface area is 159 Å². The van der Waals surface area contributed by atoms with Crippen molar-refractivity contribution in [1.82, 2.24) is 15.1 Å². The van der Waals surface area contributed by atoms with Gasteiger partial charge in [-0.15, -0.1) is 0 Å². The molecule has 0 bridgehead atoms. The molecule has 8 heteroatoms. The Morgan fingerprint density at radius 2 is 1.96 bits per heavy atom. The maximum Gasteiger partial charge on any atom is 0.193 e. The highest BCUT2D eigenvalue weighted by Crippen LogP contribution is 2.21. The first kappa shape index (κ1) is 21.4. The predicted octanol–water partition coefficient (Wildman–Crippen LogP) is 0.677. The molecule has 0 saturated carbocycles. The molecular weight excluding hydrogens is 352 g/mol. The van der Waals surface area contributed by atoms with E-state index < -0.39 is 9.84 Å². The van der Waals surface area contributed by atoms with Gasteiger partial charge in [0.25, 0.3) is 0 Å². The van der Waals surface area contributed by atoms with Crippen LogP contribution < -0.4 is 5.32 Å². The molecule has 0 aromatic rings. The first-order valence-electron chi connectivity index (χ1n) is 9.62. The topological polar surface area (TPSA) is 74.2 Å². The smallest absolute Gasteiger partial charge is 0.193 e. The molecule has 0 aromatic carbocycles. The fourth-order valence-electron chi connectivity index (χ4n) is 3.52. The molecule has 2 aliphatic rings. The lowest BCUT2D eigenvalue weighted by Crippen LogP contribution is -2.45. The van der Waals surface area contributed by atoms with Crippen molar-refractivity contribution < 1.29 is 13.2 Å². The van der Waals surface area contributed by atoms with Gasteiger partial charge in [-0.25, -0.2) is 8.42 Å². The van der Waals surface area contributed by atoms with Gasteiger partial charge >= 0.3 is 0 Å². The van der Waals surface area contributed by atoms with E-state index in [1.165, 1.54) is 12.7 Å². The number of ether oxygens (including phenoxy) is 1. The number of hydrogen-bond donors (Lipinski definition) is 1. The number of aliphatic imine (C=N–C) groups is 1. The highest BCUT2D eigenvalue weighted by atomic mass is 32.2. The average Bonchev–Trinajstić information content (AvgIpc) is 3.02. The van der Waals surface area contributed by atoms with Crippen molar-refractivity contribution in [1.29, 1.82) is 0 Å². The summed E-state index contributed by atoms with van der Waals surface area (Å²) in [4.78, 5) is 9.28. The van der Waals surface area contributed by atoms with Crippen molar-refractivity contribution in [2.24, 2.45) is 16.3 Å². The second-order valence-corrected chi connectivity index (χ2v) is 10.7. The quantitative estimate of drug-likeness (QED) is 0.511. The van der Waals surface area contributed by atoms with E-state index in [0.717, 1.165) is 58.4 Å². The predicted molar refractivity (Wildman–Crippen MR) is 106 cm³/mol. The molecule has 0 aromatic heterocycles. The molecule has 1 atom stereocenters. The molecule has 2 aliphatic heterocycles.